The summed E-state index contributed by atoms with van der Waals surface area (Å²) in [5.74, 6) is -0.570. The largest absolute Gasteiger partial charge is 0.356 e. The van der Waals surface area contributed by atoms with E-state index < -0.39 is 17.5 Å². The Hall–Kier alpha value is -3.65. The Morgan fingerprint density at radius 1 is 1.05 bits per heavy atom. The van der Waals surface area contributed by atoms with Crippen LogP contribution in [0, 0.1) is 5.41 Å². The number of carbonyl (C=O) groups is 3. The van der Waals surface area contributed by atoms with Gasteiger partial charge in [0.25, 0.3) is 0 Å². The summed E-state index contributed by atoms with van der Waals surface area (Å²) in [5, 5.41) is 10.2. The number of aromatic nitrogens is 1. The van der Waals surface area contributed by atoms with Crippen molar-refractivity contribution >= 4 is 28.6 Å². The van der Waals surface area contributed by atoms with Crippen molar-refractivity contribution in [1.82, 2.24) is 25.8 Å². The van der Waals surface area contributed by atoms with Crippen LogP contribution in [0.25, 0.3) is 10.9 Å². The predicted octanol–water partition coefficient (Wildman–Crippen LogP) is 3.29. The van der Waals surface area contributed by atoms with Gasteiger partial charge in [0.15, 0.2) is 0 Å². The molecule has 1 aromatic heterocycles. The molecule has 3 aromatic rings. The number of aryl methyl sites for hydroxylation is 1. The van der Waals surface area contributed by atoms with Crippen LogP contribution < -0.4 is 16.0 Å². The Morgan fingerprint density at radius 3 is 2.64 bits per heavy atom. The zero-order valence-corrected chi connectivity index (χ0v) is 22.8. The molecule has 3 amide bonds. The first-order valence-corrected chi connectivity index (χ1v) is 14.0. The predicted molar refractivity (Wildman–Crippen MR) is 150 cm³/mol. The molecule has 4 N–H and O–H groups in total. The van der Waals surface area contributed by atoms with Crippen LogP contribution in [-0.2, 0) is 27.2 Å². The second-order valence-corrected chi connectivity index (χ2v) is 11.9. The molecule has 0 radical (unpaired) electrons. The Labute approximate surface area is 228 Å². The van der Waals surface area contributed by atoms with E-state index >= 15 is 0 Å². The molecule has 8 heteroatoms. The van der Waals surface area contributed by atoms with Gasteiger partial charge in [0.05, 0.1) is 18.6 Å². The number of para-hydroxylation sites is 1. The number of likely N-dealkylation sites (N-methyl/N-ethyl adjacent to an activating group) is 1. The van der Waals surface area contributed by atoms with Crippen molar-refractivity contribution in [3.05, 3.63) is 70.9 Å². The van der Waals surface area contributed by atoms with E-state index in [-0.39, 0.29) is 36.3 Å². The van der Waals surface area contributed by atoms with Gasteiger partial charge in [-0.1, -0.05) is 56.3 Å². The summed E-state index contributed by atoms with van der Waals surface area (Å²) in [7, 11) is 1.70. The fraction of sp³-hybridized carbons (Fsp3) is 0.452. The van der Waals surface area contributed by atoms with Crippen LogP contribution in [-0.4, -0.2) is 53.3 Å². The minimum Gasteiger partial charge on any atom is -0.356 e. The first-order valence-electron chi connectivity index (χ1n) is 14.0. The van der Waals surface area contributed by atoms with Crippen LogP contribution in [0.2, 0.25) is 0 Å². The van der Waals surface area contributed by atoms with Gasteiger partial charge >= 0.3 is 0 Å². The second-order valence-electron chi connectivity index (χ2n) is 11.9. The standard InChI is InChI=1S/C31H37N5O3/c1-31(2)16-25-27-21(20-12-6-7-13-23(20)34-27)15-24(33-26(37)17-32-3)30(39)36(25)28(31)29(38)35-22-14-8-10-18-9-4-5-11-19(18)22/h4-7,9,11-13,22,24-25,28,32,34H,8,10,14-17H2,1-3H3,(H,33,37)(H,35,38). The van der Waals surface area contributed by atoms with Gasteiger partial charge in [-0.2, -0.15) is 0 Å². The number of rotatable bonds is 5. The molecule has 2 aliphatic heterocycles. The maximum absolute atomic E-state index is 14.3. The number of hydrogen-bond acceptors (Lipinski definition) is 4. The van der Waals surface area contributed by atoms with Crippen molar-refractivity contribution in [2.24, 2.45) is 5.41 Å². The number of nitrogens with zero attached hydrogens (tertiary/aromatic N) is 1. The molecule has 6 rings (SSSR count). The number of benzene rings is 2. The molecular formula is C31H37N5O3. The molecular weight excluding hydrogens is 490 g/mol. The Balaban J connectivity index is 1.39. The first kappa shape index (κ1) is 25.6. The van der Waals surface area contributed by atoms with E-state index in [0.29, 0.717) is 12.8 Å². The van der Waals surface area contributed by atoms with E-state index in [1.54, 1.807) is 11.9 Å². The van der Waals surface area contributed by atoms with Crippen molar-refractivity contribution in [2.45, 2.75) is 70.1 Å². The summed E-state index contributed by atoms with van der Waals surface area (Å²) in [6, 6.07) is 14.6. The highest BCUT2D eigenvalue weighted by Crippen LogP contribution is 2.51. The minimum absolute atomic E-state index is 0.0749. The van der Waals surface area contributed by atoms with E-state index in [1.807, 2.05) is 30.3 Å². The highest BCUT2D eigenvalue weighted by atomic mass is 16.2. The summed E-state index contributed by atoms with van der Waals surface area (Å²) in [5.41, 5.74) is 4.99. The molecule has 1 fully saturated rings. The number of H-pyrrole nitrogens is 1. The molecule has 0 spiro atoms. The molecule has 1 aliphatic carbocycles. The maximum Gasteiger partial charge on any atom is 0.246 e. The fourth-order valence-electron chi connectivity index (χ4n) is 7.14. The molecule has 3 aliphatic rings. The van der Waals surface area contributed by atoms with Gasteiger partial charge in [-0.25, -0.2) is 0 Å². The molecule has 0 saturated carbocycles. The van der Waals surface area contributed by atoms with Gasteiger partial charge in [0.1, 0.15) is 12.1 Å². The van der Waals surface area contributed by atoms with Crippen molar-refractivity contribution in [3.63, 3.8) is 0 Å². The van der Waals surface area contributed by atoms with Gasteiger partial charge in [0, 0.05) is 23.0 Å². The molecule has 39 heavy (non-hydrogen) atoms. The van der Waals surface area contributed by atoms with Crippen LogP contribution in [0.3, 0.4) is 0 Å². The number of fused-ring (bicyclic) bond motifs is 6. The van der Waals surface area contributed by atoms with Crippen molar-refractivity contribution in [1.29, 1.82) is 0 Å². The smallest absolute Gasteiger partial charge is 0.246 e. The molecule has 8 nitrogen and oxygen atoms in total. The number of aromatic amines is 1. The lowest BCUT2D eigenvalue weighted by molar-refractivity contribution is -0.145. The van der Waals surface area contributed by atoms with E-state index in [0.717, 1.165) is 41.4 Å². The van der Waals surface area contributed by atoms with Crippen LogP contribution >= 0.6 is 0 Å². The third kappa shape index (κ3) is 4.40. The number of nitrogens with one attached hydrogen (secondary N) is 4. The molecule has 0 bridgehead atoms. The summed E-state index contributed by atoms with van der Waals surface area (Å²) >= 11 is 0. The average molecular weight is 528 g/mol. The molecule has 1 saturated heterocycles. The summed E-state index contributed by atoms with van der Waals surface area (Å²) in [6.07, 6.45) is 3.93. The Morgan fingerprint density at radius 2 is 1.82 bits per heavy atom. The van der Waals surface area contributed by atoms with E-state index in [9.17, 15) is 14.4 Å². The van der Waals surface area contributed by atoms with E-state index in [1.165, 1.54) is 11.1 Å². The molecule has 204 valence electrons. The fourth-order valence-corrected chi connectivity index (χ4v) is 7.14. The van der Waals surface area contributed by atoms with Gasteiger partial charge in [-0.15, -0.1) is 0 Å². The zero-order chi connectivity index (χ0) is 27.3. The van der Waals surface area contributed by atoms with Crippen LogP contribution in [0.1, 0.15) is 67.6 Å². The number of amides is 3. The third-order valence-corrected chi connectivity index (χ3v) is 8.82. The summed E-state index contributed by atoms with van der Waals surface area (Å²) in [4.78, 5) is 46.4. The molecule has 2 aromatic carbocycles. The average Bonchev–Trinajstić information content (AvgIpc) is 3.39. The van der Waals surface area contributed by atoms with Crippen LogP contribution in [0.5, 0.6) is 0 Å². The summed E-state index contributed by atoms with van der Waals surface area (Å²) in [6.45, 7) is 4.26. The van der Waals surface area contributed by atoms with Crippen molar-refractivity contribution in [2.75, 3.05) is 13.6 Å². The second kappa shape index (κ2) is 9.83. The maximum atomic E-state index is 14.3. The number of hydrogen-bond donors (Lipinski definition) is 4. The quantitative estimate of drug-likeness (QED) is 0.409. The van der Waals surface area contributed by atoms with Gasteiger partial charge in [-0.05, 0) is 60.9 Å². The number of carbonyl (C=O) groups excluding carboxylic acids is 3. The van der Waals surface area contributed by atoms with Gasteiger partial charge in [0.2, 0.25) is 17.7 Å². The van der Waals surface area contributed by atoms with E-state index in [2.05, 4.69) is 53.0 Å². The zero-order valence-electron chi connectivity index (χ0n) is 22.8. The monoisotopic (exact) mass is 527 g/mol. The summed E-state index contributed by atoms with van der Waals surface area (Å²) < 4.78 is 0. The van der Waals surface area contributed by atoms with Gasteiger partial charge < -0.3 is 25.8 Å². The van der Waals surface area contributed by atoms with E-state index in [4.69, 9.17) is 0 Å². The topological polar surface area (TPSA) is 106 Å². The molecule has 4 unspecified atom stereocenters. The minimum atomic E-state index is -0.756. The highest BCUT2D eigenvalue weighted by Gasteiger charge is 2.56. The highest BCUT2D eigenvalue weighted by molar-refractivity contribution is 5.96. The third-order valence-electron chi connectivity index (χ3n) is 8.82. The van der Waals surface area contributed by atoms with Gasteiger partial charge in [-0.3, -0.25) is 14.4 Å². The molecule has 4 atom stereocenters. The Bertz CT molecular complexity index is 1440. The SMILES string of the molecule is CNCC(=O)NC1Cc2c([nH]c3ccccc23)C2CC(C)(C)C(C(=O)NC3CCCc4ccccc43)N2C1=O. The van der Waals surface area contributed by atoms with Crippen molar-refractivity contribution in [3.8, 4) is 0 Å². The van der Waals surface area contributed by atoms with Crippen LogP contribution in [0.4, 0.5) is 0 Å². The molecule has 3 heterocycles. The lowest BCUT2D eigenvalue weighted by atomic mass is 9.81. The van der Waals surface area contributed by atoms with Crippen molar-refractivity contribution < 1.29 is 14.4 Å². The van der Waals surface area contributed by atoms with Crippen LogP contribution in [0.15, 0.2) is 48.5 Å². The first-order chi connectivity index (χ1) is 18.8. The Kier molecular flexibility index (Phi) is 6.46. The lowest BCUT2D eigenvalue weighted by Gasteiger charge is -2.36. The lowest BCUT2D eigenvalue weighted by Crippen LogP contribution is -2.57. The normalized spacial score (nSPS) is 25.4.